The summed E-state index contributed by atoms with van der Waals surface area (Å²) < 4.78 is 99.7. The van der Waals surface area contributed by atoms with Gasteiger partial charge in [-0.25, -0.2) is 18.0 Å². The highest BCUT2D eigenvalue weighted by Crippen LogP contribution is 2.31. The third kappa shape index (κ3) is 7.49. The highest BCUT2D eigenvalue weighted by molar-refractivity contribution is 6.06. The number of rotatable bonds is 7. The standard InChI is InChI=1S/C28H26F7N7O5/c29-15-9-21(25(45)42(35)17-3-1-4-18(11-17)47-28(32,33)34)40(12-15)22(43)13-41-20-6-5-16(10-19(20)23(38-41)24(36)44)37-26(46)39-8-2-7-27(30,31)14-39/h1,3-6,10-11,15,21H,2,7-9,12-14H2,(H2,36,44)(H,37,46)/t15-,21+/m1/s1. The van der Waals surface area contributed by atoms with Crippen LogP contribution in [-0.2, 0) is 16.1 Å². The van der Waals surface area contributed by atoms with Gasteiger partial charge in [0.15, 0.2) is 5.69 Å². The molecule has 2 aliphatic rings. The number of amides is 5. The van der Waals surface area contributed by atoms with Crippen molar-refractivity contribution in [2.45, 2.75) is 50.3 Å². The van der Waals surface area contributed by atoms with Crippen LogP contribution in [0.25, 0.3) is 10.9 Å². The summed E-state index contributed by atoms with van der Waals surface area (Å²) in [5, 5.41) is 6.07. The van der Waals surface area contributed by atoms with E-state index in [1.807, 2.05) is 0 Å². The first kappa shape index (κ1) is 33.3. The van der Waals surface area contributed by atoms with E-state index >= 15 is 4.48 Å². The minimum Gasteiger partial charge on any atom is -0.406 e. The number of anilines is 2. The molecule has 2 fully saturated rings. The van der Waals surface area contributed by atoms with Crippen molar-refractivity contribution in [2.75, 3.05) is 30.1 Å². The van der Waals surface area contributed by atoms with Crippen molar-refractivity contribution in [3.05, 3.63) is 48.2 Å². The number of benzene rings is 2. The Morgan fingerprint density at radius 2 is 1.87 bits per heavy atom. The molecule has 0 saturated carbocycles. The van der Waals surface area contributed by atoms with Crippen LogP contribution in [0.4, 0.5) is 47.0 Å². The van der Waals surface area contributed by atoms with E-state index in [-0.39, 0.29) is 41.7 Å². The summed E-state index contributed by atoms with van der Waals surface area (Å²) in [4.78, 5) is 52.8. The van der Waals surface area contributed by atoms with Gasteiger partial charge in [0.05, 0.1) is 24.3 Å². The minimum absolute atomic E-state index is 0.0698. The molecule has 0 spiro atoms. The molecule has 0 radical (unpaired) electrons. The molecule has 2 aromatic carbocycles. The van der Waals surface area contributed by atoms with E-state index in [0.717, 1.165) is 32.7 Å². The van der Waals surface area contributed by atoms with Crippen LogP contribution in [0, 0.1) is 0 Å². The van der Waals surface area contributed by atoms with Gasteiger partial charge in [-0.2, -0.15) is 5.10 Å². The van der Waals surface area contributed by atoms with Crippen molar-refractivity contribution in [2.24, 2.45) is 5.73 Å². The van der Waals surface area contributed by atoms with E-state index in [9.17, 15) is 45.5 Å². The Kier molecular flexibility index (Phi) is 8.92. The topological polar surface area (TPSA) is 143 Å². The smallest absolute Gasteiger partial charge is 0.406 e. The largest absolute Gasteiger partial charge is 0.573 e. The predicted molar refractivity (Wildman–Crippen MR) is 150 cm³/mol. The van der Waals surface area contributed by atoms with E-state index in [1.54, 1.807) is 0 Å². The Morgan fingerprint density at radius 1 is 1.13 bits per heavy atom. The summed E-state index contributed by atoms with van der Waals surface area (Å²) in [6.45, 7) is -1.97. The molecule has 3 aromatic rings. The molecule has 0 aliphatic carbocycles. The Bertz CT molecular complexity index is 1720. The van der Waals surface area contributed by atoms with E-state index < -0.39 is 90.9 Å². The number of ether oxygens (including phenoxy) is 1. The third-order valence-electron chi connectivity index (χ3n) is 7.53. The summed E-state index contributed by atoms with van der Waals surface area (Å²) in [6.07, 6.45) is -7.69. The van der Waals surface area contributed by atoms with E-state index in [0.29, 0.717) is 6.07 Å². The number of halogens is 7. The fraction of sp³-hybridized carbons (Fsp3) is 0.393. The highest BCUT2D eigenvalue weighted by atomic mass is 19.4. The van der Waals surface area contributed by atoms with Crippen LogP contribution in [0.5, 0.6) is 5.75 Å². The van der Waals surface area contributed by atoms with Gasteiger partial charge in [-0.1, -0.05) is 10.5 Å². The number of carbonyl (C=O) groups is 4. The normalized spacial score (nSPS) is 19.5. The average molecular weight is 674 g/mol. The van der Waals surface area contributed by atoms with Crippen molar-refractivity contribution in [3.8, 4) is 5.75 Å². The Balaban J connectivity index is 1.34. The number of alkyl halides is 6. The van der Waals surface area contributed by atoms with Gasteiger partial charge < -0.3 is 25.6 Å². The molecule has 2 atom stereocenters. The zero-order valence-electron chi connectivity index (χ0n) is 24.1. The number of aromatic nitrogens is 2. The maximum atomic E-state index is 15.1. The van der Waals surface area contributed by atoms with Crippen LogP contribution >= 0.6 is 0 Å². The number of carbonyl (C=O) groups excluding carboxylic acids is 4. The zero-order chi connectivity index (χ0) is 34.3. The highest BCUT2D eigenvalue weighted by Gasteiger charge is 2.43. The zero-order valence-corrected chi connectivity index (χ0v) is 24.1. The number of nitrogens with zero attached hydrogens (tertiary/aromatic N) is 5. The average Bonchev–Trinajstić information content (AvgIpc) is 3.55. The summed E-state index contributed by atoms with van der Waals surface area (Å²) in [6, 6.07) is 4.94. The minimum atomic E-state index is -5.09. The first-order valence-electron chi connectivity index (χ1n) is 14.0. The van der Waals surface area contributed by atoms with E-state index in [1.165, 1.54) is 18.2 Å². The van der Waals surface area contributed by atoms with Crippen molar-refractivity contribution < 1.29 is 54.7 Å². The molecule has 1 aromatic heterocycles. The van der Waals surface area contributed by atoms with Gasteiger partial charge in [-0.15, -0.1) is 18.3 Å². The first-order valence-corrected chi connectivity index (χ1v) is 14.0. The molecule has 5 rings (SSSR count). The second-order valence-corrected chi connectivity index (χ2v) is 11.0. The molecule has 3 N–H and O–H groups in total. The van der Waals surface area contributed by atoms with Crippen LogP contribution in [0.2, 0.25) is 0 Å². The Labute approximate surface area is 260 Å². The summed E-state index contributed by atoms with van der Waals surface area (Å²) in [5.74, 6) is -7.23. The Hall–Kier alpha value is -5.10. The summed E-state index contributed by atoms with van der Waals surface area (Å²) >= 11 is 0. The number of nitrogens with two attached hydrogens (primary N) is 1. The van der Waals surface area contributed by atoms with Crippen molar-refractivity contribution in [3.63, 3.8) is 0 Å². The number of hydrogen-bond donors (Lipinski definition) is 2. The van der Waals surface area contributed by atoms with E-state index in [4.69, 9.17) is 5.73 Å². The molecule has 12 nitrogen and oxygen atoms in total. The molecule has 0 bridgehead atoms. The maximum absolute atomic E-state index is 15.1. The number of fused-ring (bicyclic) bond motifs is 1. The lowest BCUT2D eigenvalue weighted by Crippen LogP contribution is -2.47. The molecule has 0 unspecified atom stereocenters. The number of piperidine rings is 1. The van der Waals surface area contributed by atoms with Crippen LogP contribution in [0.15, 0.2) is 42.5 Å². The van der Waals surface area contributed by atoms with Gasteiger partial charge in [-0.05, 0) is 36.8 Å². The quantitative estimate of drug-likeness (QED) is 0.285. The molecule has 5 amide bonds. The lowest BCUT2D eigenvalue weighted by molar-refractivity contribution is -0.274. The molecule has 252 valence electrons. The third-order valence-corrected chi connectivity index (χ3v) is 7.53. The van der Waals surface area contributed by atoms with Crippen LogP contribution in [-0.4, -0.2) is 87.5 Å². The Morgan fingerprint density at radius 3 is 2.55 bits per heavy atom. The van der Waals surface area contributed by atoms with Crippen LogP contribution in [0.1, 0.15) is 29.8 Å². The van der Waals surface area contributed by atoms with Gasteiger partial charge >= 0.3 is 12.4 Å². The number of hydrogen-bond acceptors (Lipinski definition) is 6. The molecule has 2 saturated heterocycles. The predicted octanol–water partition coefficient (Wildman–Crippen LogP) is 4.15. The van der Waals surface area contributed by atoms with Crippen molar-refractivity contribution in [1.82, 2.24) is 19.6 Å². The molecule has 2 aliphatic heterocycles. The van der Waals surface area contributed by atoms with Gasteiger partial charge in [0.2, 0.25) is 5.91 Å². The maximum Gasteiger partial charge on any atom is 0.573 e. The van der Waals surface area contributed by atoms with Crippen molar-refractivity contribution >= 4 is 46.0 Å². The van der Waals surface area contributed by atoms with Crippen LogP contribution < -0.4 is 20.9 Å². The van der Waals surface area contributed by atoms with Gasteiger partial charge in [0.1, 0.15) is 24.5 Å². The van der Waals surface area contributed by atoms with E-state index in [2.05, 4.69) is 15.2 Å². The monoisotopic (exact) mass is 673 g/mol. The van der Waals surface area contributed by atoms with Crippen LogP contribution in [0.3, 0.4) is 0 Å². The van der Waals surface area contributed by atoms with Gasteiger partial charge in [-0.3, -0.25) is 19.1 Å². The fourth-order valence-electron chi connectivity index (χ4n) is 5.48. The molecule has 47 heavy (non-hydrogen) atoms. The SMILES string of the molecule is NC(=O)c1nn(CC(=O)N2C[C@H](F)C[C@H]2C(=O)N(F)c2cccc(OC(F)(F)F)c2)c2ccc(NC(=O)N3CCCC(F)(F)C3)cc12. The first-order chi connectivity index (χ1) is 22.0. The fourth-order valence-corrected chi connectivity index (χ4v) is 5.48. The second-order valence-electron chi connectivity index (χ2n) is 11.0. The number of nitrogens with one attached hydrogen (secondary N) is 1. The number of urea groups is 1. The number of primary amides is 1. The van der Waals surface area contributed by atoms with Gasteiger partial charge in [0, 0.05) is 36.5 Å². The molecule has 3 heterocycles. The molecular weight excluding hydrogens is 647 g/mol. The molecule has 19 heteroatoms. The number of likely N-dealkylation sites (tertiary alicyclic amines) is 2. The summed E-state index contributed by atoms with van der Waals surface area (Å²) in [5.41, 5.74) is 4.70. The van der Waals surface area contributed by atoms with Crippen molar-refractivity contribution in [1.29, 1.82) is 0 Å². The van der Waals surface area contributed by atoms with Gasteiger partial charge in [0.25, 0.3) is 17.7 Å². The molecular formula is C28H26F7N7O5. The lowest BCUT2D eigenvalue weighted by atomic mass is 10.1. The second kappa shape index (κ2) is 12.6. The summed E-state index contributed by atoms with van der Waals surface area (Å²) in [7, 11) is 0. The lowest BCUT2D eigenvalue weighted by Gasteiger charge is -2.32.